The van der Waals surface area contributed by atoms with Crippen LogP contribution in [0.2, 0.25) is 0 Å². The largest absolute Gasteiger partial charge is 0.488 e. The van der Waals surface area contributed by atoms with E-state index < -0.39 is 0 Å². The first kappa shape index (κ1) is 12.8. The van der Waals surface area contributed by atoms with E-state index >= 15 is 0 Å². The molecule has 0 saturated heterocycles. The maximum Gasteiger partial charge on any atom is 0.120 e. The van der Waals surface area contributed by atoms with Crippen LogP contribution in [0.4, 0.5) is 0 Å². The maximum absolute atomic E-state index is 9.41. The van der Waals surface area contributed by atoms with E-state index in [1.54, 1.807) is 0 Å². The third kappa shape index (κ3) is 2.79. The summed E-state index contributed by atoms with van der Waals surface area (Å²) >= 11 is 0. The quantitative estimate of drug-likeness (QED) is 0.883. The zero-order valence-electron chi connectivity index (χ0n) is 11.3. The summed E-state index contributed by atoms with van der Waals surface area (Å²) in [4.78, 5) is 4.46. The van der Waals surface area contributed by atoms with Gasteiger partial charge < -0.3 is 9.84 Å². The Kier molecular flexibility index (Phi) is 3.26. The fraction of sp³-hybridized carbons (Fsp3) is 0.400. The van der Waals surface area contributed by atoms with E-state index in [9.17, 15) is 5.11 Å². The van der Waals surface area contributed by atoms with Gasteiger partial charge in [-0.05, 0) is 57.5 Å². The number of aromatic nitrogens is 1. The molecule has 3 heteroatoms. The number of fused-ring (bicyclic) bond motifs is 1. The minimum atomic E-state index is -0.231. The summed E-state index contributed by atoms with van der Waals surface area (Å²) in [5.41, 5.74) is 2.46. The average molecular weight is 245 g/mol. The molecule has 0 unspecified atom stereocenters. The highest BCUT2D eigenvalue weighted by Gasteiger charge is 2.13. The number of aryl methyl sites for hydroxylation is 1. The Morgan fingerprint density at radius 2 is 1.94 bits per heavy atom. The number of aliphatic hydroxyl groups excluding tert-OH is 1. The van der Waals surface area contributed by atoms with Crippen LogP contribution in [0.5, 0.6) is 5.75 Å². The van der Waals surface area contributed by atoms with E-state index in [0.717, 1.165) is 27.9 Å². The van der Waals surface area contributed by atoms with E-state index in [-0.39, 0.29) is 12.2 Å². The number of hydrogen-bond donors (Lipinski definition) is 1. The molecule has 0 aliphatic carbocycles. The molecule has 1 aromatic heterocycles. The van der Waals surface area contributed by atoms with Gasteiger partial charge in [-0.25, -0.2) is 0 Å². The molecule has 0 aliphatic rings. The van der Waals surface area contributed by atoms with Gasteiger partial charge in [-0.3, -0.25) is 4.98 Å². The lowest BCUT2D eigenvalue weighted by atomic mass is 10.1. The predicted molar refractivity (Wildman–Crippen MR) is 72.8 cm³/mol. The zero-order chi connectivity index (χ0) is 13.3. The van der Waals surface area contributed by atoms with Gasteiger partial charge in [0.15, 0.2) is 0 Å². The van der Waals surface area contributed by atoms with Crippen molar-refractivity contribution in [3.63, 3.8) is 0 Å². The molecule has 18 heavy (non-hydrogen) atoms. The van der Waals surface area contributed by atoms with Crippen LogP contribution < -0.4 is 4.74 Å². The van der Waals surface area contributed by atoms with Gasteiger partial charge in [-0.1, -0.05) is 0 Å². The standard InChI is InChI=1S/C15H19NO2/c1-10-7-11(9-17)13-8-12(18-15(2,3)4)5-6-14(13)16-10/h5-8,17H,9H2,1-4H3. The Hall–Kier alpha value is -1.61. The van der Waals surface area contributed by atoms with Crippen LogP contribution in [0.1, 0.15) is 32.0 Å². The van der Waals surface area contributed by atoms with Crippen molar-refractivity contribution < 1.29 is 9.84 Å². The van der Waals surface area contributed by atoms with E-state index in [1.165, 1.54) is 0 Å². The summed E-state index contributed by atoms with van der Waals surface area (Å²) in [7, 11) is 0. The van der Waals surface area contributed by atoms with Crippen molar-refractivity contribution in [3.05, 3.63) is 35.5 Å². The van der Waals surface area contributed by atoms with Crippen molar-refractivity contribution in [2.45, 2.75) is 39.9 Å². The van der Waals surface area contributed by atoms with Crippen LogP contribution in [-0.4, -0.2) is 15.7 Å². The molecular weight excluding hydrogens is 226 g/mol. The maximum atomic E-state index is 9.41. The molecule has 2 rings (SSSR count). The molecule has 3 nitrogen and oxygen atoms in total. The molecule has 0 atom stereocenters. The molecule has 0 spiro atoms. The Morgan fingerprint density at radius 3 is 2.56 bits per heavy atom. The van der Waals surface area contributed by atoms with E-state index in [0.29, 0.717) is 0 Å². The number of pyridine rings is 1. The molecule has 0 aliphatic heterocycles. The summed E-state index contributed by atoms with van der Waals surface area (Å²) in [5, 5.41) is 10.4. The van der Waals surface area contributed by atoms with Crippen LogP contribution in [-0.2, 0) is 6.61 Å². The van der Waals surface area contributed by atoms with Gasteiger partial charge in [-0.15, -0.1) is 0 Å². The van der Waals surface area contributed by atoms with Crippen molar-refractivity contribution in [1.29, 1.82) is 0 Å². The van der Waals surface area contributed by atoms with Gasteiger partial charge in [-0.2, -0.15) is 0 Å². The second-order valence-electron chi connectivity index (χ2n) is 5.47. The summed E-state index contributed by atoms with van der Waals surface area (Å²) in [6, 6.07) is 7.70. The Morgan fingerprint density at radius 1 is 1.22 bits per heavy atom. The zero-order valence-corrected chi connectivity index (χ0v) is 11.3. The lowest BCUT2D eigenvalue weighted by Gasteiger charge is -2.21. The first-order chi connectivity index (χ1) is 8.39. The van der Waals surface area contributed by atoms with Crippen LogP contribution in [0.15, 0.2) is 24.3 Å². The molecule has 0 radical (unpaired) electrons. The van der Waals surface area contributed by atoms with Crippen LogP contribution in [0, 0.1) is 6.92 Å². The van der Waals surface area contributed by atoms with Gasteiger partial charge in [0.2, 0.25) is 0 Å². The fourth-order valence-corrected chi connectivity index (χ4v) is 1.97. The SMILES string of the molecule is Cc1cc(CO)c2cc(OC(C)(C)C)ccc2n1. The van der Waals surface area contributed by atoms with Crippen molar-refractivity contribution >= 4 is 10.9 Å². The monoisotopic (exact) mass is 245 g/mol. The van der Waals surface area contributed by atoms with Gasteiger partial charge in [0, 0.05) is 11.1 Å². The topological polar surface area (TPSA) is 42.4 Å². The molecule has 96 valence electrons. The van der Waals surface area contributed by atoms with E-state index in [2.05, 4.69) is 4.98 Å². The smallest absolute Gasteiger partial charge is 0.120 e. The molecule has 1 N–H and O–H groups in total. The normalized spacial score (nSPS) is 11.8. The van der Waals surface area contributed by atoms with Gasteiger partial charge >= 0.3 is 0 Å². The highest BCUT2D eigenvalue weighted by atomic mass is 16.5. The third-order valence-corrected chi connectivity index (χ3v) is 2.59. The molecule has 1 aromatic carbocycles. The second-order valence-corrected chi connectivity index (χ2v) is 5.47. The van der Waals surface area contributed by atoms with Crippen molar-refractivity contribution in [2.75, 3.05) is 0 Å². The van der Waals surface area contributed by atoms with Gasteiger partial charge in [0.1, 0.15) is 11.4 Å². The van der Waals surface area contributed by atoms with Gasteiger partial charge in [0.05, 0.1) is 12.1 Å². The number of benzene rings is 1. The van der Waals surface area contributed by atoms with E-state index in [1.807, 2.05) is 52.0 Å². The lowest BCUT2D eigenvalue weighted by Crippen LogP contribution is -2.22. The minimum absolute atomic E-state index is 0.0127. The molecule has 1 heterocycles. The van der Waals surface area contributed by atoms with Crippen LogP contribution in [0.3, 0.4) is 0 Å². The van der Waals surface area contributed by atoms with Crippen molar-refractivity contribution in [1.82, 2.24) is 4.98 Å². The Labute approximate surface area is 107 Å². The molecule has 0 bridgehead atoms. The summed E-state index contributed by atoms with van der Waals surface area (Å²) in [6.07, 6.45) is 0. The number of rotatable bonds is 2. The first-order valence-corrected chi connectivity index (χ1v) is 6.09. The van der Waals surface area contributed by atoms with Crippen LogP contribution >= 0.6 is 0 Å². The Balaban J connectivity index is 2.53. The summed E-state index contributed by atoms with van der Waals surface area (Å²) < 4.78 is 5.83. The highest BCUT2D eigenvalue weighted by molar-refractivity contribution is 5.83. The first-order valence-electron chi connectivity index (χ1n) is 6.09. The highest BCUT2D eigenvalue weighted by Crippen LogP contribution is 2.26. The number of aliphatic hydroxyl groups is 1. The second kappa shape index (κ2) is 4.58. The summed E-state index contributed by atoms with van der Waals surface area (Å²) in [5.74, 6) is 0.801. The van der Waals surface area contributed by atoms with E-state index in [4.69, 9.17) is 4.74 Å². The average Bonchev–Trinajstić information content (AvgIpc) is 2.26. The minimum Gasteiger partial charge on any atom is -0.488 e. The number of nitrogens with zero attached hydrogens (tertiary/aromatic N) is 1. The fourth-order valence-electron chi connectivity index (χ4n) is 1.97. The number of hydrogen-bond acceptors (Lipinski definition) is 3. The molecule has 0 saturated carbocycles. The predicted octanol–water partition coefficient (Wildman–Crippen LogP) is 3.21. The molecule has 0 amide bonds. The lowest BCUT2D eigenvalue weighted by molar-refractivity contribution is 0.131. The van der Waals surface area contributed by atoms with Crippen LogP contribution in [0.25, 0.3) is 10.9 Å². The molecular formula is C15H19NO2. The van der Waals surface area contributed by atoms with Crippen molar-refractivity contribution in [3.8, 4) is 5.75 Å². The summed E-state index contributed by atoms with van der Waals surface area (Å²) in [6.45, 7) is 7.98. The number of ether oxygens (including phenoxy) is 1. The molecule has 2 aromatic rings. The Bertz CT molecular complexity index is 570. The van der Waals surface area contributed by atoms with Gasteiger partial charge in [0.25, 0.3) is 0 Å². The van der Waals surface area contributed by atoms with Crippen molar-refractivity contribution in [2.24, 2.45) is 0 Å². The third-order valence-electron chi connectivity index (χ3n) is 2.59. The molecule has 0 fully saturated rings.